The lowest BCUT2D eigenvalue weighted by atomic mass is 9.99. The lowest BCUT2D eigenvalue weighted by Gasteiger charge is -2.39. The van der Waals surface area contributed by atoms with Crippen molar-refractivity contribution < 1.29 is 79.2 Å². The van der Waals surface area contributed by atoms with E-state index in [9.17, 15) is 50.8 Å². The first-order valence-electron chi connectivity index (χ1n) is 13.1. The Labute approximate surface area is 244 Å². The number of hydrogen-bond donors (Lipinski definition) is 9. The molecule has 2 aliphatic heterocycles. The van der Waals surface area contributed by atoms with Crippen LogP contribution >= 0.6 is 0 Å². The first-order valence-corrected chi connectivity index (χ1v) is 13.1. The molecular weight excluding hydrogens is 580 g/mol. The fourth-order valence-electron chi connectivity index (χ4n) is 4.58. The Balaban J connectivity index is 1.50. The van der Waals surface area contributed by atoms with E-state index in [4.69, 9.17) is 28.4 Å². The zero-order valence-corrected chi connectivity index (χ0v) is 22.7. The highest BCUT2D eigenvalue weighted by molar-refractivity contribution is 5.96. The van der Waals surface area contributed by atoms with Gasteiger partial charge in [0.05, 0.1) is 20.3 Å². The van der Waals surface area contributed by atoms with Crippen LogP contribution in [0.1, 0.15) is 15.9 Å². The van der Waals surface area contributed by atoms with Gasteiger partial charge in [-0.2, -0.15) is 0 Å². The van der Waals surface area contributed by atoms with Gasteiger partial charge in [0.25, 0.3) is 0 Å². The van der Waals surface area contributed by atoms with E-state index in [1.165, 1.54) is 18.2 Å². The smallest absolute Gasteiger partial charge is 0.346 e. The van der Waals surface area contributed by atoms with Crippen LogP contribution in [0.3, 0.4) is 0 Å². The van der Waals surface area contributed by atoms with Gasteiger partial charge in [-0.15, -0.1) is 0 Å². The minimum Gasteiger partial charge on any atom is -0.507 e. The molecule has 2 fully saturated rings. The first kappa shape index (κ1) is 32.6. The van der Waals surface area contributed by atoms with Crippen molar-refractivity contribution >= 4 is 5.97 Å². The average Bonchev–Trinajstić information content (AvgIpc) is 3.01. The third-order valence-corrected chi connectivity index (χ3v) is 7.02. The maximum absolute atomic E-state index is 13.1. The minimum atomic E-state index is -1.76. The summed E-state index contributed by atoms with van der Waals surface area (Å²) in [6.07, 6.45) is -15.6. The van der Waals surface area contributed by atoms with Crippen LogP contribution in [0.25, 0.3) is 0 Å². The number of esters is 1. The summed E-state index contributed by atoms with van der Waals surface area (Å²) in [4.78, 5) is 13.1. The van der Waals surface area contributed by atoms with E-state index in [2.05, 4.69) is 0 Å². The molecule has 10 atom stereocenters. The Hall–Kier alpha value is -3.29. The third kappa shape index (κ3) is 6.78. The van der Waals surface area contributed by atoms with E-state index in [0.717, 1.165) is 13.2 Å². The molecular formula is C27H34O16. The molecule has 43 heavy (non-hydrogen) atoms. The summed E-state index contributed by atoms with van der Waals surface area (Å²) in [5, 5.41) is 90.0. The fraction of sp³-hybridized carbons (Fsp3) is 0.519. The highest BCUT2D eigenvalue weighted by atomic mass is 16.7. The van der Waals surface area contributed by atoms with Gasteiger partial charge in [0.15, 0.2) is 11.5 Å². The first-order chi connectivity index (χ1) is 20.5. The maximum atomic E-state index is 13.1. The van der Waals surface area contributed by atoms with Gasteiger partial charge >= 0.3 is 5.97 Å². The van der Waals surface area contributed by atoms with Crippen molar-refractivity contribution in [1.82, 2.24) is 0 Å². The quantitative estimate of drug-likeness (QED) is 0.122. The molecule has 0 spiro atoms. The van der Waals surface area contributed by atoms with Crippen molar-refractivity contribution in [1.29, 1.82) is 0 Å². The number of aromatic hydroxyl groups is 1. The molecule has 2 aromatic carbocycles. The van der Waals surface area contributed by atoms with E-state index < -0.39 is 98.5 Å². The SMILES string of the molecule is COc1c(O[C@H]2O[C@@H](CO)[C@@H](O)[C@@H](O)[C@H]2O)ccc(O)c1C(=O)OCc1ccccc1O[C@@H]1O[C@H](CO)[C@@H](O)[C@H](O)[C@H]1O. The number of phenolic OH excluding ortho intramolecular Hbond substituents is 1. The number of carbonyl (C=O) groups is 1. The zero-order valence-electron chi connectivity index (χ0n) is 22.7. The second kappa shape index (κ2) is 14.0. The van der Waals surface area contributed by atoms with Crippen molar-refractivity contribution in [3.63, 3.8) is 0 Å². The summed E-state index contributed by atoms with van der Waals surface area (Å²) >= 11 is 0. The van der Waals surface area contributed by atoms with Crippen molar-refractivity contribution in [3.05, 3.63) is 47.5 Å². The molecule has 0 radical (unpaired) electrons. The molecule has 0 aromatic heterocycles. The van der Waals surface area contributed by atoms with E-state index in [1.54, 1.807) is 12.1 Å². The second-order valence-electron chi connectivity index (χ2n) is 9.81. The number of phenols is 1. The number of hydrogen-bond acceptors (Lipinski definition) is 16. The van der Waals surface area contributed by atoms with E-state index >= 15 is 0 Å². The predicted molar refractivity (Wildman–Crippen MR) is 139 cm³/mol. The Morgan fingerprint density at radius 2 is 1.28 bits per heavy atom. The highest BCUT2D eigenvalue weighted by Crippen LogP contribution is 2.39. The van der Waals surface area contributed by atoms with Crippen LogP contribution in [-0.2, 0) is 20.8 Å². The number of rotatable bonds is 10. The fourth-order valence-corrected chi connectivity index (χ4v) is 4.58. The molecule has 2 aliphatic rings. The lowest BCUT2D eigenvalue weighted by molar-refractivity contribution is -0.277. The van der Waals surface area contributed by atoms with Gasteiger partial charge in [0, 0.05) is 5.56 Å². The molecule has 0 unspecified atom stereocenters. The largest absolute Gasteiger partial charge is 0.507 e. The lowest BCUT2D eigenvalue weighted by Crippen LogP contribution is -2.60. The van der Waals surface area contributed by atoms with Crippen LogP contribution < -0.4 is 14.2 Å². The molecule has 9 N–H and O–H groups in total. The predicted octanol–water partition coefficient (Wildman–Crippen LogP) is -2.88. The molecule has 4 rings (SSSR count). The molecule has 0 bridgehead atoms. The number of aliphatic hydroxyl groups is 8. The van der Waals surface area contributed by atoms with Gasteiger partial charge in [-0.3, -0.25) is 0 Å². The van der Waals surface area contributed by atoms with Crippen LogP contribution in [0, 0.1) is 0 Å². The van der Waals surface area contributed by atoms with E-state index in [-0.39, 0.29) is 22.8 Å². The van der Waals surface area contributed by atoms with Crippen molar-refractivity contribution in [2.75, 3.05) is 20.3 Å². The van der Waals surface area contributed by atoms with E-state index in [1.807, 2.05) is 0 Å². The number of carbonyl (C=O) groups excluding carboxylic acids is 1. The topological polar surface area (TPSA) is 255 Å². The van der Waals surface area contributed by atoms with Gasteiger partial charge in [-0.05, 0) is 18.2 Å². The minimum absolute atomic E-state index is 0.0653. The van der Waals surface area contributed by atoms with Crippen molar-refractivity contribution in [2.24, 2.45) is 0 Å². The van der Waals surface area contributed by atoms with Crippen molar-refractivity contribution in [3.8, 4) is 23.0 Å². The highest BCUT2D eigenvalue weighted by Gasteiger charge is 2.46. The molecule has 2 saturated heterocycles. The molecule has 0 aliphatic carbocycles. The van der Waals surface area contributed by atoms with Gasteiger partial charge in [0.1, 0.15) is 72.5 Å². The maximum Gasteiger partial charge on any atom is 0.346 e. The summed E-state index contributed by atoms with van der Waals surface area (Å²) in [6.45, 7) is -1.79. The Kier molecular flexibility index (Phi) is 10.6. The molecule has 2 aromatic rings. The molecule has 0 saturated carbocycles. The van der Waals surface area contributed by atoms with Gasteiger partial charge < -0.3 is 74.4 Å². The molecule has 2 heterocycles. The van der Waals surface area contributed by atoms with Crippen LogP contribution in [0.4, 0.5) is 0 Å². The third-order valence-electron chi connectivity index (χ3n) is 7.02. The molecule has 0 amide bonds. The average molecular weight is 615 g/mol. The molecule has 16 nitrogen and oxygen atoms in total. The van der Waals surface area contributed by atoms with Gasteiger partial charge in [0.2, 0.25) is 12.6 Å². The van der Waals surface area contributed by atoms with Crippen LogP contribution in [0.2, 0.25) is 0 Å². The Morgan fingerprint density at radius 1 is 0.744 bits per heavy atom. The van der Waals surface area contributed by atoms with Gasteiger partial charge in [-0.1, -0.05) is 18.2 Å². The molecule has 238 valence electrons. The number of benzene rings is 2. The number of para-hydroxylation sites is 1. The van der Waals surface area contributed by atoms with Crippen LogP contribution in [0.5, 0.6) is 23.0 Å². The van der Waals surface area contributed by atoms with Gasteiger partial charge in [-0.25, -0.2) is 4.79 Å². The standard InChI is InChI=1S/C27H34O16/c1-38-24-14(41-27-23(36)21(34)19(32)16(9-29)43-27)7-6-12(30)17(24)25(37)39-10-11-4-2-3-5-13(11)40-26-22(35)20(33)18(31)15(8-28)42-26/h2-7,15-16,18-23,26-36H,8-10H2,1H3/t15-,16+,18-,19-,20+,21-,22-,23-,26-,27+/m1/s1. The Morgan fingerprint density at radius 3 is 1.81 bits per heavy atom. The normalized spacial score (nSPS) is 32.6. The van der Waals surface area contributed by atoms with Crippen LogP contribution in [0.15, 0.2) is 36.4 Å². The molecule has 16 heteroatoms. The van der Waals surface area contributed by atoms with Crippen molar-refractivity contribution in [2.45, 2.75) is 68.0 Å². The number of aliphatic hydroxyl groups excluding tert-OH is 8. The summed E-state index contributed by atoms with van der Waals surface area (Å²) in [5.41, 5.74) is -0.211. The second-order valence-corrected chi connectivity index (χ2v) is 9.81. The number of ether oxygens (including phenoxy) is 6. The summed E-state index contributed by atoms with van der Waals surface area (Å²) in [5.74, 6) is -2.13. The van der Waals surface area contributed by atoms with Crippen LogP contribution in [-0.4, -0.2) is 134 Å². The van der Waals surface area contributed by atoms with E-state index in [0.29, 0.717) is 0 Å². The summed E-state index contributed by atoms with van der Waals surface area (Å²) < 4.78 is 32.6. The number of methoxy groups -OCH3 is 1. The summed E-state index contributed by atoms with van der Waals surface area (Å²) in [6, 6.07) is 8.40. The zero-order chi connectivity index (χ0) is 31.4. The Bertz CT molecular complexity index is 1240. The summed E-state index contributed by atoms with van der Waals surface area (Å²) in [7, 11) is 1.16. The monoisotopic (exact) mass is 614 g/mol.